The first kappa shape index (κ1) is 16.8. The zero-order valence-corrected chi connectivity index (χ0v) is 11.1. The molecule has 1 rings (SSSR count). The average Bonchev–Trinajstić information content (AvgIpc) is 2.37. The van der Waals surface area contributed by atoms with Crippen molar-refractivity contribution in [1.82, 2.24) is 5.32 Å². The number of carboxylic acids is 1. The Bertz CT molecular complexity index is 522. The van der Waals surface area contributed by atoms with E-state index in [0.29, 0.717) is 0 Å². The molecule has 0 spiro atoms. The van der Waals surface area contributed by atoms with E-state index in [9.17, 15) is 22.8 Å². The molecule has 0 bridgehead atoms. The van der Waals surface area contributed by atoms with Crippen LogP contribution in [0.5, 0.6) is 5.75 Å². The quantitative estimate of drug-likeness (QED) is 0.802. The van der Waals surface area contributed by atoms with E-state index < -0.39 is 36.6 Å². The lowest BCUT2D eigenvalue weighted by atomic mass is 10.1. The standard InChI is InChI=1S/C13H14F3NO4/c1-21-10-3-2-8(14)4-7(10)5-12(18)17-9(13(19)20)6-11(15)16/h2-4,9,11H,5-6H2,1H3,(H,17,18)(H,19,20). The second-order valence-electron chi connectivity index (χ2n) is 4.22. The molecule has 1 aromatic rings. The number of methoxy groups -OCH3 is 1. The summed E-state index contributed by atoms with van der Waals surface area (Å²) in [6.45, 7) is 0. The molecule has 1 atom stereocenters. The molecule has 0 saturated carbocycles. The van der Waals surface area contributed by atoms with Crippen molar-refractivity contribution < 1.29 is 32.6 Å². The van der Waals surface area contributed by atoms with Crippen LogP contribution in [0, 0.1) is 5.82 Å². The van der Waals surface area contributed by atoms with Crippen molar-refractivity contribution >= 4 is 11.9 Å². The van der Waals surface area contributed by atoms with Crippen molar-refractivity contribution in [3.63, 3.8) is 0 Å². The van der Waals surface area contributed by atoms with E-state index in [1.807, 2.05) is 5.32 Å². The molecule has 5 nitrogen and oxygen atoms in total. The van der Waals surface area contributed by atoms with Crippen molar-refractivity contribution in [3.8, 4) is 5.75 Å². The van der Waals surface area contributed by atoms with Crippen LogP contribution < -0.4 is 10.1 Å². The summed E-state index contributed by atoms with van der Waals surface area (Å²) in [4.78, 5) is 22.5. The van der Waals surface area contributed by atoms with Crippen molar-refractivity contribution in [2.75, 3.05) is 7.11 Å². The molecule has 1 amide bonds. The van der Waals surface area contributed by atoms with Crippen molar-refractivity contribution in [2.24, 2.45) is 0 Å². The van der Waals surface area contributed by atoms with Crippen molar-refractivity contribution in [2.45, 2.75) is 25.3 Å². The number of ether oxygens (including phenoxy) is 1. The molecule has 1 unspecified atom stereocenters. The van der Waals surface area contributed by atoms with Crippen LogP contribution in [0.3, 0.4) is 0 Å². The molecule has 0 aliphatic heterocycles. The van der Waals surface area contributed by atoms with Crippen LogP contribution in [-0.4, -0.2) is 36.6 Å². The Morgan fingerprint density at radius 2 is 2.05 bits per heavy atom. The van der Waals surface area contributed by atoms with E-state index in [0.717, 1.165) is 12.1 Å². The minimum absolute atomic E-state index is 0.191. The molecule has 8 heteroatoms. The molecule has 0 aromatic heterocycles. The number of aliphatic carboxylic acids is 1. The molecule has 0 radical (unpaired) electrons. The Labute approximate surface area is 118 Å². The maximum Gasteiger partial charge on any atom is 0.326 e. The Hall–Kier alpha value is -2.25. The van der Waals surface area contributed by atoms with Gasteiger partial charge in [-0.25, -0.2) is 18.0 Å². The summed E-state index contributed by atoms with van der Waals surface area (Å²) >= 11 is 0. The molecule has 21 heavy (non-hydrogen) atoms. The highest BCUT2D eigenvalue weighted by Gasteiger charge is 2.24. The molecular weight excluding hydrogens is 291 g/mol. The number of carboxylic acid groups (broad SMARTS) is 1. The van der Waals surface area contributed by atoms with Gasteiger partial charge >= 0.3 is 5.97 Å². The summed E-state index contributed by atoms with van der Waals surface area (Å²) in [7, 11) is 1.32. The van der Waals surface area contributed by atoms with Gasteiger partial charge < -0.3 is 15.2 Å². The third-order valence-corrected chi connectivity index (χ3v) is 2.64. The van der Waals surface area contributed by atoms with E-state index in [-0.39, 0.29) is 17.7 Å². The monoisotopic (exact) mass is 305 g/mol. The van der Waals surface area contributed by atoms with Gasteiger partial charge in [0.05, 0.1) is 13.5 Å². The topological polar surface area (TPSA) is 75.6 Å². The lowest BCUT2D eigenvalue weighted by molar-refractivity contribution is -0.142. The number of benzene rings is 1. The van der Waals surface area contributed by atoms with E-state index in [4.69, 9.17) is 9.84 Å². The van der Waals surface area contributed by atoms with E-state index in [1.165, 1.54) is 13.2 Å². The predicted molar refractivity (Wildman–Crippen MR) is 66.8 cm³/mol. The smallest absolute Gasteiger partial charge is 0.326 e. The van der Waals surface area contributed by atoms with Gasteiger partial charge in [0.25, 0.3) is 0 Å². The number of hydrogen-bond donors (Lipinski definition) is 2. The van der Waals surface area contributed by atoms with Gasteiger partial charge in [-0.15, -0.1) is 0 Å². The second-order valence-corrected chi connectivity index (χ2v) is 4.22. The average molecular weight is 305 g/mol. The zero-order chi connectivity index (χ0) is 16.0. The fourth-order valence-electron chi connectivity index (χ4n) is 1.70. The minimum Gasteiger partial charge on any atom is -0.496 e. The summed E-state index contributed by atoms with van der Waals surface area (Å²) < 4.78 is 42.5. The third-order valence-electron chi connectivity index (χ3n) is 2.64. The predicted octanol–water partition coefficient (Wildman–Crippen LogP) is 1.60. The molecule has 0 heterocycles. The van der Waals surface area contributed by atoms with Crippen LogP contribution in [0.1, 0.15) is 12.0 Å². The number of nitrogens with one attached hydrogen (secondary N) is 1. The molecule has 0 aliphatic carbocycles. The van der Waals surface area contributed by atoms with Gasteiger partial charge in [-0.2, -0.15) is 0 Å². The summed E-state index contributed by atoms with van der Waals surface area (Å²) in [6.07, 6.45) is -4.25. The van der Waals surface area contributed by atoms with E-state index in [1.54, 1.807) is 0 Å². The van der Waals surface area contributed by atoms with Crippen LogP contribution in [0.4, 0.5) is 13.2 Å². The Morgan fingerprint density at radius 1 is 1.38 bits per heavy atom. The van der Waals surface area contributed by atoms with Gasteiger partial charge in [0.15, 0.2) is 0 Å². The summed E-state index contributed by atoms with van der Waals surface area (Å²) in [5, 5.41) is 10.7. The lowest BCUT2D eigenvalue weighted by Crippen LogP contribution is -2.42. The Balaban J connectivity index is 2.76. The number of carbonyl (C=O) groups is 2. The first-order valence-electron chi connectivity index (χ1n) is 5.96. The van der Waals surface area contributed by atoms with E-state index >= 15 is 0 Å². The molecular formula is C13H14F3NO4. The number of carbonyl (C=O) groups excluding carboxylic acids is 1. The first-order valence-corrected chi connectivity index (χ1v) is 5.96. The first-order chi connectivity index (χ1) is 9.83. The number of amides is 1. The van der Waals surface area contributed by atoms with Gasteiger partial charge in [-0.3, -0.25) is 4.79 Å². The van der Waals surface area contributed by atoms with Crippen molar-refractivity contribution in [1.29, 1.82) is 0 Å². The van der Waals surface area contributed by atoms with Gasteiger partial charge in [0.2, 0.25) is 12.3 Å². The fraction of sp³-hybridized carbons (Fsp3) is 0.385. The van der Waals surface area contributed by atoms with Crippen molar-refractivity contribution in [3.05, 3.63) is 29.6 Å². The normalized spacial score (nSPS) is 12.0. The number of hydrogen-bond acceptors (Lipinski definition) is 3. The van der Waals surface area contributed by atoms with Crippen LogP contribution >= 0.6 is 0 Å². The van der Waals surface area contributed by atoms with Gasteiger partial charge in [-0.1, -0.05) is 0 Å². The number of alkyl halides is 2. The summed E-state index contributed by atoms with van der Waals surface area (Å²) in [6, 6.07) is 1.81. The zero-order valence-electron chi connectivity index (χ0n) is 11.1. The Morgan fingerprint density at radius 3 is 2.57 bits per heavy atom. The van der Waals surface area contributed by atoms with Gasteiger partial charge in [0, 0.05) is 12.0 Å². The summed E-state index contributed by atoms with van der Waals surface area (Å²) in [5.74, 6) is -2.73. The minimum atomic E-state index is -2.87. The molecule has 1 aromatic carbocycles. The largest absolute Gasteiger partial charge is 0.496 e. The van der Waals surface area contributed by atoms with Gasteiger partial charge in [0.1, 0.15) is 17.6 Å². The molecule has 0 fully saturated rings. The molecule has 0 aliphatic rings. The second kappa shape index (κ2) is 7.51. The highest BCUT2D eigenvalue weighted by molar-refractivity contribution is 5.85. The van der Waals surface area contributed by atoms with Crippen LogP contribution in [0.25, 0.3) is 0 Å². The highest BCUT2D eigenvalue weighted by Crippen LogP contribution is 2.20. The Kier molecular flexibility index (Phi) is 6.01. The molecule has 116 valence electrons. The fourth-order valence-corrected chi connectivity index (χ4v) is 1.70. The van der Waals surface area contributed by atoms with Crippen LogP contribution in [-0.2, 0) is 16.0 Å². The SMILES string of the molecule is COc1ccc(F)cc1CC(=O)NC(CC(F)F)C(=O)O. The van der Waals surface area contributed by atoms with E-state index in [2.05, 4.69) is 0 Å². The van der Waals surface area contributed by atoms with Crippen LogP contribution in [0.15, 0.2) is 18.2 Å². The maximum absolute atomic E-state index is 13.1. The maximum atomic E-state index is 13.1. The number of rotatable bonds is 7. The molecule has 0 saturated heterocycles. The number of halogens is 3. The van der Waals surface area contributed by atoms with Gasteiger partial charge in [-0.05, 0) is 18.2 Å². The third kappa shape index (κ3) is 5.33. The highest BCUT2D eigenvalue weighted by atomic mass is 19.3. The molecule has 2 N–H and O–H groups in total. The van der Waals surface area contributed by atoms with Crippen LogP contribution in [0.2, 0.25) is 0 Å². The summed E-state index contributed by atoms with van der Waals surface area (Å²) in [5.41, 5.74) is 0.191. The lowest BCUT2D eigenvalue weighted by Gasteiger charge is -2.14.